The van der Waals surface area contributed by atoms with Crippen LogP contribution in [0.15, 0.2) is 40.9 Å². The first-order valence-electron chi connectivity index (χ1n) is 13.0. The summed E-state index contributed by atoms with van der Waals surface area (Å²) < 4.78 is 5.07. The van der Waals surface area contributed by atoms with Gasteiger partial charge in [0.15, 0.2) is 0 Å². The number of hydrogen-bond donors (Lipinski definition) is 2. The summed E-state index contributed by atoms with van der Waals surface area (Å²) in [5.41, 5.74) is 6.32. The molecule has 0 saturated heterocycles. The lowest BCUT2D eigenvalue weighted by atomic mass is 10.1. The highest BCUT2D eigenvalue weighted by Crippen LogP contribution is 2.25. The van der Waals surface area contributed by atoms with Crippen LogP contribution in [0.25, 0.3) is 11.4 Å². The van der Waals surface area contributed by atoms with E-state index in [-0.39, 0.29) is 24.9 Å². The number of carbonyl (C=O) groups excluding carboxylic acids is 2. The Morgan fingerprint density at radius 3 is 2.55 bits per heavy atom. The Morgan fingerprint density at radius 2 is 1.84 bits per heavy atom. The molecule has 0 saturated carbocycles. The van der Waals surface area contributed by atoms with Crippen molar-refractivity contribution in [3.63, 3.8) is 0 Å². The van der Waals surface area contributed by atoms with Gasteiger partial charge in [-0.15, -0.1) is 0 Å². The second-order valence-electron chi connectivity index (χ2n) is 9.70. The van der Waals surface area contributed by atoms with E-state index in [2.05, 4.69) is 45.9 Å². The fourth-order valence-corrected chi connectivity index (χ4v) is 4.52. The van der Waals surface area contributed by atoms with Crippen LogP contribution < -0.4 is 10.6 Å². The zero-order chi connectivity index (χ0) is 27.2. The molecular formula is C28H37N7O3. The van der Waals surface area contributed by atoms with Gasteiger partial charge in [0.25, 0.3) is 5.91 Å². The van der Waals surface area contributed by atoms with Gasteiger partial charge in [-0.1, -0.05) is 35.8 Å². The summed E-state index contributed by atoms with van der Waals surface area (Å²) in [6, 6.07) is 12.1. The zero-order valence-corrected chi connectivity index (χ0v) is 22.9. The minimum atomic E-state index is -0.137. The van der Waals surface area contributed by atoms with E-state index in [0.717, 1.165) is 23.4 Å². The summed E-state index contributed by atoms with van der Waals surface area (Å²) in [7, 11) is 1.78. The molecule has 2 N–H and O–H groups in total. The van der Waals surface area contributed by atoms with Gasteiger partial charge >= 0.3 is 0 Å². The number of amides is 2. The first-order valence-corrected chi connectivity index (χ1v) is 13.0. The molecule has 4 rings (SSSR count). The van der Waals surface area contributed by atoms with Crippen molar-refractivity contribution in [2.75, 3.05) is 45.1 Å². The van der Waals surface area contributed by atoms with Gasteiger partial charge in [0.05, 0.1) is 6.54 Å². The van der Waals surface area contributed by atoms with Crippen LogP contribution in [0.1, 0.15) is 35.1 Å². The third-order valence-electron chi connectivity index (χ3n) is 6.78. The molecule has 0 unspecified atom stereocenters. The van der Waals surface area contributed by atoms with Crippen molar-refractivity contribution in [3.05, 3.63) is 64.5 Å². The Balaban J connectivity index is 1.37. The highest BCUT2D eigenvalue weighted by atomic mass is 16.5. The largest absolute Gasteiger partial charge is 0.376 e. The lowest BCUT2D eigenvalue weighted by Crippen LogP contribution is -2.49. The minimum Gasteiger partial charge on any atom is -0.376 e. The molecule has 202 valence electrons. The van der Waals surface area contributed by atoms with Crippen LogP contribution in [0.2, 0.25) is 0 Å². The fourth-order valence-electron chi connectivity index (χ4n) is 4.52. The van der Waals surface area contributed by atoms with Crippen LogP contribution in [0.5, 0.6) is 0 Å². The van der Waals surface area contributed by atoms with Crippen molar-refractivity contribution in [1.29, 1.82) is 0 Å². The van der Waals surface area contributed by atoms with Crippen molar-refractivity contribution in [2.45, 2.75) is 40.8 Å². The molecule has 1 aliphatic heterocycles. The lowest BCUT2D eigenvalue weighted by molar-refractivity contribution is -0.151. The number of hydrazine groups is 1. The number of rotatable bonds is 11. The molecule has 10 nitrogen and oxygen atoms in total. The molecule has 0 atom stereocenters. The maximum atomic E-state index is 13.2. The quantitative estimate of drug-likeness (QED) is 0.373. The average Bonchev–Trinajstić information content (AvgIpc) is 3.52. The first kappa shape index (κ1) is 27.3. The highest BCUT2D eigenvalue weighted by Gasteiger charge is 2.27. The number of hydrogen-bond acceptors (Lipinski definition) is 8. The van der Waals surface area contributed by atoms with E-state index >= 15 is 0 Å². The molecule has 0 aliphatic carbocycles. The Hall–Kier alpha value is -3.76. The van der Waals surface area contributed by atoms with Gasteiger partial charge in [-0.3, -0.25) is 14.6 Å². The number of nitrogens with one attached hydrogen (secondary N) is 2. The van der Waals surface area contributed by atoms with Crippen molar-refractivity contribution in [1.82, 2.24) is 30.4 Å². The van der Waals surface area contributed by atoms with Crippen molar-refractivity contribution >= 4 is 17.5 Å². The summed E-state index contributed by atoms with van der Waals surface area (Å²) in [6.45, 7) is 11.1. The molecule has 10 heteroatoms. The molecule has 2 aromatic carbocycles. The zero-order valence-electron chi connectivity index (χ0n) is 22.9. The van der Waals surface area contributed by atoms with E-state index in [1.165, 1.54) is 16.7 Å². The Morgan fingerprint density at radius 1 is 1.05 bits per heavy atom. The van der Waals surface area contributed by atoms with E-state index in [1.807, 2.05) is 37.1 Å². The molecule has 0 spiro atoms. The minimum absolute atomic E-state index is 0.0172. The van der Waals surface area contributed by atoms with Gasteiger partial charge in [0.1, 0.15) is 6.54 Å². The van der Waals surface area contributed by atoms with Crippen LogP contribution in [0.4, 0.5) is 5.69 Å². The smallest absolute Gasteiger partial charge is 0.256 e. The molecular weight excluding hydrogens is 482 g/mol. The normalized spacial score (nSPS) is 12.9. The summed E-state index contributed by atoms with van der Waals surface area (Å²) in [6.07, 6.45) is 0. The van der Waals surface area contributed by atoms with E-state index in [4.69, 9.17) is 4.52 Å². The van der Waals surface area contributed by atoms with Gasteiger partial charge in [0, 0.05) is 51.4 Å². The number of benzene rings is 2. The maximum Gasteiger partial charge on any atom is 0.256 e. The Bertz CT molecular complexity index is 1290. The number of aryl methyl sites for hydroxylation is 3. The maximum absolute atomic E-state index is 13.2. The monoisotopic (exact) mass is 519 g/mol. The third kappa shape index (κ3) is 6.56. The predicted molar refractivity (Wildman–Crippen MR) is 146 cm³/mol. The van der Waals surface area contributed by atoms with Crippen molar-refractivity contribution in [2.24, 2.45) is 0 Å². The first-order chi connectivity index (χ1) is 18.2. The molecule has 2 amide bonds. The van der Waals surface area contributed by atoms with Gasteiger partial charge in [-0.2, -0.15) is 4.98 Å². The van der Waals surface area contributed by atoms with E-state index in [9.17, 15) is 9.59 Å². The third-order valence-corrected chi connectivity index (χ3v) is 6.78. The van der Waals surface area contributed by atoms with Gasteiger partial charge in [-0.05, 0) is 55.3 Å². The fraction of sp³-hybridized carbons (Fsp3) is 0.429. The predicted octanol–water partition coefficient (Wildman–Crippen LogP) is 2.90. The highest BCUT2D eigenvalue weighted by molar-refractivity contribution is 5.87. The number of nitrogens with zero attached hydrogens (tertiary/aromatic N) is 5. The summed E-state index contributed by atoms with van der Waals surface area (Å²) in [5.74, 6) is 0.784. The topological polar surface area (TPSA) is 107 Å². The standard InChI is InChI=1S/C28H37N7O3/c1-6-29-11-12-34(18-27(37)33(5)35-16-23-8-7-19(2)13-24(23)17-35)26(36)15-30-25-10-9-22(14-20(25)3)28-31-21(4)38-32-28/h7-10,13-14,29-30H,6,11-12,15-18H2,1-5H3. The van der Waals surface area contributed by atoms with Crippen LogP contribution in [-0.4, -0.2) is 76.6 Å². The molecule has 1 aromatic heterocycles. The molecule has 38 heavy (non-hydrogen) atoms. The van der Waals surface area contributed by atoms with E-state index in [1.54, 1.807) is 23.9 Å². The SMILES string of the molecule is CCNCCN(CC(=O)N(C)N1Cc2ccc(C)cc2C1)C(=O)CNc1ccc(-c2noc(C)n2)cc1C. The van der Waals surface area contributed by atoms with Crippen LogP contribution in [0, 0.1) is 20.8 Å². The number of anilines is 1. The number of likely N-dealkylation sites (N-methyl/N-ethyl adjacent to an activating group) is 2. The summed E-state index contributed by atoms with van der Waals surface area (Å²) in [4.78, 5) is 32.3. The van der Waals surface area contributed by atoms with E-state index < -0.39 is 0 Å². The molecule has 0 radical (unpaired) electrons. The summed E-state index contributed by atoms with van der Waals surface area (Å²) >= 11 is 0. The molecule has 3 aromatic rings. The molecule has 0 bridgehead atoms. The van der Waals surface area contributed by atoms with Crippen molar-refractivity contribution in [3.8, 4) is 11.4 Å². The second-order valence-corrected chi connectivity index (χ2v) is 9.70. The number of carbonyl (C=O) groups is 2. The van der Waals surface area contributed by atoms with Gasteiger partial charge < -0.3 is 20.1 Å². The van der Waals surface area contributed by atoms with Crippen molar-refractivity contribution < 1.29 is 14.1 Å². The van der Waals surface area contributed by atoms with Gasteiger partial charge in [0.2, 0.25) is 17.6 Å². The molecule has 1 aliphatic rings. The van der Waals surface area contributed by atoms with Crippen LogP contribution >= 0.6 is 0 Å². The number of fused-ring (bicyclic) bond motifs is 1. The second kappa shape index (κ2) is 12.2. The Labute approximate surface area is 224 Å². The van der Waals surface area contributed by atoms with Crippen LogP contribution in [0.3, 0.4) is 0 Å². The van der Waals surface area contributed by atoms with E-state index in [0.29, 0.717) is 37.9 Å². The van der Waals surface area contributed by atoms with Gasteiger partial charge in [-0.25, -0.2) is 5.01 Å². The molecule has 0 fully saturated rings. The average molecular weight is 520 g/mol. The Kier molecular flexibility index (Phi) is 8.75. The lowest BCUT2D eigenvalue weighted by Gasteiger charge is -2.31. The number of aromatic nitrogens is 2. The summed E-state index contributed by atoms with van der Waals surface area (Å²) in [5, 5.41) is 14.1. The molecule has 2 heterocycles. The van der Waals surface area contributed by atoms with Crippen LogP contribution in [-0.2, 0) is 22.7 Å².